The molecule has 1 aliphatic heterocycles. The number of aliphatic hydroxyl groups excluding tert-OH is 1. The molecule has 1 aromatic carbocycles. The number of phenolic OH excluding ortho intramolecular Hbond substituents is 1. The summed E-state index contributed by atoms with van der Waals surface area (Å²) in [6.07, 6.45) is 0.697. The van der Waals surface area contributed by atoms with E-state index in [9.17, 15) is 10.2 Å². The summed E-state index contributed by atoms with van der Waals surface area (Å²) in [4.78, 5) is 2.14. The highest BCUT2D eigenvalue weighted by Gasteiger charge is 2.24. The minimum Gasteiger partial charge on any atom is -0.508 e. The number of hydrogen-bond donors (Lipinski definition) is 3. The Morgan fingerprint density at radius 2 is 2.16 bits per heavy atom. The van der Waals surface area contributed by atoms with Gasteiger partial charge in [-0.05, 0) is 32.4 Å². The fraction of sp³-hybridized carbons (Fsp3) is 0.600. The fourth-order valence-electron chi connectivity index (χ4n) is 2.53. The minimum absolute atomic E-state index is 0.126. The first kappa shape index (κ1) is 14.2. The number of nitrogens with one attached hydrogen (secondary N) is 1. The Bertz CT molecular complexity index is 436. The van der Waals surface area contributed by atoms with Crippen molar-refractivity contribution < 1.29 is 10.2 Å². The van der Waals surface area contributed by atoms with E-state index in [1.54, 1.807) is 6.07 Å². The van der Waals surface area contributed by atoms with Crippen molar-refractivity contribution in [3.63, 3.8) is 0 Å². The average Bonchev–Trinajstić information content (AvgIpc) is 2.41. The molecule has 1 aliphatic rings. The molecule has 0 amide bonds. The van der Waals surface area contributed by atoms with E-state index in [-0.39, 0.29) is 12.1 Å². The lowest BCUT2D eigenvalue weighted by Crippen LogP contribution is -2.42. The first-order chi connectivity index (χ1) is 9.02. The predicted octanol–water partition coefficient (Wildman–Crippen LogP) is 1.88. The van der Waals surface area contributed by atoms with Crippen LogP contribution in [0.2, 0.25) is 0 Å². The third kappa shape index (κ3) is 3.01. The van der Waals surface area contributed by atoms with Gasteiger partial charge in [0.25, 0.3) is 0 Å². The molecule has 3 N–H and O–H groups in total. The van der Waals surface area contributed by atoms with Crippen molar-refractivity contribution in [3.8, 4) is 5.75 Å². The van der Waals surface area contributed by atoms with Crippen LogP contribution in [0.5, 0.6) is 5.75 Å². The summed E-state index contributed by atoms with van der Waals surface area (Å²) in [7, 11) is 1.88. The number of benzene rings is 1. The summed E-state index contributed by atoms with van der Waals surface area (Å²) in [5.41, 5.74) is 1.88. The second kappa shape index (κ2) is 5.80. The molecule has 0 spiro atoms. The summed E-state index contributed by atoms with van der Waals surface area (Å²) in [6.45, 7) is 5.67. The third-order valence-electron chi connectivity index (χ3n) is 4.20. The van der Waals surface area contributed by atoms with E-state index in [1.165, 1.54) is 0 Å². The summed E-state index contributed by atoms with van der Waals surface area (Å²) < 4.78 is 0. The molecule has 1 aromatic rings. The van der Waals surface area contributed by atoms with Gasteiger partial charge < -0.3 is 20.4 Å². The lowest BCUT2D eigenvalue weighted by Gasteiger charge is -2.36. The van der Waals surface area contributed by atoms with Gasteiger partial charge >= 0.3 is 0 Å². The lowest BCUT2D eigenvalue weighted by atomic mass is 9.95. The summed E-state index contributed by atoms with van der Waals surface area (Å²) in [6, 6.07) is 5.90. The monoisotopic (exact) mass is 264 g/mol. The second-order valence-electron chi connectivity index (χ2n) is 5.53. The number of β-amino-alcohol motifs (C(OH)–C–C–N with tert-alkyl or cyclic N) is 1. The van der Waals surface area contributed by atoms with Crippen LogP contribution < -0.4 is 10.2 Å². The lowest BCUT2D eigenvalue weighted by molar-refractivity contribution is 0.103. The number of piperidine rings is 1. The second-order valence-corrected chi connectivity index (χ2v) is 5.53. The van der Waals surface area contributed by atoms with Crippen LogP contribution in [0.3, 0.4) is 0 Å². The normalized spacial score (nSPS) is 25.4. The first-order valence-electron chi connectivity index (χ1n) is 6.96. The van der Waals surface area contributed by atoms with Crippen LogP contribution in [-0.2, 0) is 0 Å². The van der Waals surface area contributed by atoms with Gasteiger partial charge in [-0.1, -0.05) is 13.0 Å². The van der Waals surface area contributed by atoms with Gasteiger partial charge in [0.15, 0.2) is 0 Å². The van der Waals surface area contributed by atoms with E-state index in [1.807, 2.05) is 26.1 Å². The molecule has 0 aromatic heterocycles. The average molecular weight is 264 g/mol. The van der Waals surface area contributed by atoms with Gasteiger partial charge in [0, 0.05) is 36.4 Å². The van der Waals surface area contributed by atoms with Crippen molar-refractivity contribution >= 4 is 5.69 Å². The summed E-state index contributed by atoms with van der Waals surface area (Å²) in [5, 5.41) is 23.2. The van der Waals surface area contributed by atoms with E-state index >= 15 is 0 Å². The van der Waals surface area contributed by atoms with E-state index in [4.69, 9.17) is 0 Å². The minimum atomic E-state index is -0.285. The molecule has 4 heteroatoms. The molecule has 3 unspecified atom stereocenters. The van der Waals surface area contributed by atoms with Crippen LogP contribution in [0.25, 0.3) is 0 Å². The Kier molecular flexibility index (Phi) is 4.32. The molecule has 1 saturated heterocycles. The van der Waals surface area contributed by atoms with Crippen LogP contribution >= 0.6 is 0 Å². The van der Waals surface area contributed by atoms with Gasteiger partial charge in [0.2, 0.25) is 0 Å². The molecule has 1 fully saturated rings. The Hall–Kier alpha value is -1.26. The van der Waals surface area contributed by atoms with E-state index in [0.29, 0.717) is 18.2 Å². The maximum atomic E-state index is 10.1. The van der Waals surface area contributed by atoms with Gasteiger partial charge in [-0.2, -0.15) is 0 Å². The largest absolute Gasteiger partial charge is 0.508 e. The van der Waals surface area contributed by atoms with Gasteiger partial charge in [0.1, 0.15) is 5.75 Å². The maximum absolute atomic E-state index is 10.1. The van der Waals surface area contributed by atoms with Crippen LogP contribution in [0.4, 0.5) is 5.69 Å². The van der Waals surface area contributed by atoms with Gasteiger partial charge in [-0.15, -0.1) is 0 Å². The summed E-state index contributed by atoms with van der Waals surface area (Å²) >= 11 is 0. The van der Waals surface area contributed by atoms with E-state index < -0.39 is 0 Å². The van der Waals surface area contributed by atoms with Crippen LogP contribution in [0, 0.1) is 5.92 Å². The Balaban J connectivity index is 2.16. The zero-order valence-electron chi connectivity index (χ0n) is 11.9. The third-order valence-corrected chi connectivity index (χ3v) is 4.20. The smallest absolute Gasteiger partial charge is 0.122 e. The number of rotatable bonds is 3. The number of phenols is 1. The van der Waals surface area contributed by atoms with Crippen LogP contribution in [0.1, 0.15) is 31.9 Å². The Morgan fingerprint density at radius 1 is 1.42 bits per heavy atom. The number of aliphatic hydroxyl groups is 1. The zero-order chi connectivity index (χ0) is 14.0. The SMILES string of the molecule is CNC(C)c1ccc(N2CCC(C)C(O)C2)cc1O. The molecule has 4 nitrogen and oxygen atoms in total. The topological polar surface area (TPSA) is 55.7 Å². The number of aromatic hydroxyl groups is 1. The Labute approximate surface area is 115 Å². The van der Waals surface area contributed by atoms with Gasteiger partial charge in [0.05, 0.1) is 6.10 Å². The molecule has 0 bridgehead atoms. The molecule has 3 atom stereocenters. The molecule has 0 saturated carbocycles. The number of nitrogens with zero attached hydrogens (tertiary/aromatic N) is 1. The van der Waals surface area contributed by atoms with Crippen molar-refractivity contribution in [3.05, 3.63) is 23.8 Å². The molecule has 0 radical (unpaired) electrons. The van der Waals surface area contributed by atoms with Crippen molar-refractivity contribution in [2.45, 2.75) is 32.4 Å². The van der Waals surface area contributed by atoms with Gasteiger partial charge in [-0.3, -0.25) is 0 Å². The van der Waals surface area contributed by atoms with Crippen molar-refractivity contribution in [2.75, 3.05) is 25.0 Å². The van der Waals surface area contributed by atoms with Crippen LogP contribution in [-0.4, -0.2) is 36.5 Å². The maximum Gasteiger partial charge on any atom is 0.122 e. The van der Waals surface area contributed by atoms with Gasteiger partial charge in [-0.25, -0.2) is 0 Å². The molecule has 106 valence electrons. The fourth-order valence-corrected chi connectivity index (χ4v) is 2.53. The highest BCUT2D eigenvalue weighted by atomic mass is 16.3. The van der Waals surface area contributed by atoms with Crippen molar-refractivity contribution in [1.29, 1.82) is 0 Å². The highest BCUT2D eigenvalue weighted by Crippen LogP contribution is 2.31. The van der Waals surface area contributed by atoms with E-state index in [0.717, 1.165) is 24.2 Å². The predicted molar refractivity (Wildman–Crippen MR) is 77.6 cm³/mol. The molecular weight excluding hydrogens is 240 g/mol. The van der Waals surface area contributed by atoms with Crippen molar-refractivity contribution in [2.24, 2.45) is 5.92 Å². The quantitative estimate of drug-likeness (QED) is 0.780. The number of hydrogen-bond acceptors (Lipinski definition) is 4. The van der Waals surface area contributed by atoms with E-state index in [2.05, 4.69) is 17.1 Å². The Morgan fingerprint density at radius 3 is 2.74 bits per heavy atom. The number of anilines is 1. The standard InChI is InChI=1S/C15H24N2O2/c1-10-6-7-17(9-15(10)19)12-4-5-13(11(2)16-3)14(18)8-12/h4-5,8,10-11,15-16,18-19H,6-7,9H2,1-3H3. The molecule has 1 heterocycles. The first-order valence-corrected chi connectivity index (χ1v) is 6.96. The molecule has 2 rings (SSSR count). The molecule has 19 heavy (non-hydrogen) atoms. The van der Waals surface area contributed by atoms with Crippen LogP contribution in [0.15, 0.2) is 18.2 Å². The molecular formula is C15H24N2O2. The molecule has 0 aliphatic carbocycles. The highest BCUT2D eigenvalue weighted by molar-refractivity contribution is 5.54. The summed E-state index contributed by atoms with van der Waals surface area (Å²) in [5.74, 6) is 0.667. The van der Waals surface area contributed by atoms with Crippen molar-refractivity contribution in [1.82, 2.24) is 5.32 Å². The zero-order valence-corrected chi connectivity index (χ0v) is 11.9.